The SMILES string of the molecule is C#CCN1CCN(C(=O)C(C)(N)C2CC2)CC1. The lowest BCUT2D eigenvalue weighted by Crippen LogP contribution is -2.59. The van der Waals surface area contributed by atoms with E-state index in [2.05, 4.69) is 10.8 Å². The Bertz CT molecular complexity index is 333. The van der Waals surface area contributed by atoms with Crippen LogP contribution < -0.4 is 5.73 Å². The van der Waals surface area contributed by atoms with Crippen molar-refractivity contribution in [1.29, 1.82) is 0 Å². The summed E-state index contributed by atoms with van der Waals surface area (Å²) in [5.74, 6) is 3.14. The number of piperazine rings is 1. The molecule has 94 valence electrons. The lowest BCUT2D eigenvalue weighted by atomic mass is 9.95. The summed E-state index contributed by atoms with van der Waals surface area (Å²) in [4.78, 5) is 16.4. The molecule has 0 radical (unpaired) electrons. The monoisotopic (exact) mass is 235 g/mol. The fourth-order valence-corrected chi connectivity index (χ4v) is 2.44. The Hall–Kier alpha value is -1.05. The molecule has 2 fully saturated rings. The molecule has 4 heteroatoms. The molecule has 2 N–H and O–H groups in total. The van der Waals surface area contributed by atoms with E-state index in [0.29, 0.717) is 12.5 Å². The lowest BCUT2D eigenvalue weighted by Gasteiger charge is -2.38. The van der Waals surface area contributed by atoms with Gasteiger partial charge in [0.25, 0.3) is 0 Å². The molecule has 1 amide bonds. The predicted molar refractivity (Wildman–Crippen MR) is 67.2 cm³/mol. The molecule has 1 saturated heterocycles. The fraction of sp³-hybridized carbons (Fsp3) is 0.769. The molecule has 1 unspecified atom stereocenters. The highest BCUT2D eigenvalue weighted by atomic mass is 16.2. The van der Waals surface area contributed by atoms with Gasteiger partial charge in [-0.3, -0.25) is 9.69 Å². The van der Waals surface area contributed by atoms with Gasteiger partial charge in [-0.25, -0.2) is 0 Å². The smallest absolute Gasteiger partial charge is 0.242 e. The quantitative estimate of drug-likeness (QED) is 0.695. The van der Waals surface area contributed by atoms with E-state index in [4.69, 9.17) is 12.2 Å². The molecule has 1 aliphatic heterocycles. The molecule has 0 aromatic rings. The van der Waals surface area contributed by atoms with Crippen molar-refractivity contribution >= 4 is 5.91 Å². The van der Waals surface area contributed by atoms with Crippen LogP contribution >= 0.6 is 0 Å². The summed E-state index contributed by atoms with van der Waals surface area (Å²) < 4.78 is 0. The van der Waals surface area contributed by atoms with Crippen LogP contribution in [0.3, 0.4) is 0 Å². The van der Waals surface area contributed by atoms with Crippen LogP contribution in [0.4, 0.5) is 0 Å². The van der Waals surface area contributed by atoms with E-state index in [-0.39, 0.29) is 5.91 Å². The van der Waals surface area contributed by atoms with Crippen LogP contribution in [0, 0.1) is 18.3 Å². The van der Waals surface area contributed by atoms with E-state index in [9.17, 15) is 4.79 Å². The second-order valence-corrected chi connectivity index (χ2v) is 5.33. The topological polar surface area (TPSA) is 49.6 Å². The van der Waals surface area contributed by atoms with Crippen molar-refractivity contribution in [2.45, 2.75) is 25.3 Å². The van der Waals surface area contributed by atoms with Gasteiger partial charge in [0.2, 0.25) is 5.91 Å². The number of hydrogen-bond donors (Lipinski definition) is 1. The van der Waals surface area contributed by atoms with Gasteiger partial charge in [0, 0.05) is 26.2 Å². The van der Waals surface area contributed by atoms with Crippen LogP contribution in [0.5, 0.6) is 0 Å². The molecule has 0 bridgehead atoms. The van der Waals surface area contributed by atoms with Crippen molar-refractivity contribution in [3.63, 3.8) is 0 Å². The second-order valence-electron chi connectivity index (χ2n) is 5.33. The highest BCUT2D eigenvalue weighted by Gasteiger charge is 2.46. The number of nitrogens with zero attached hydrogens (tertiary/aromatic N) is 2. The van der Waals surface area contributed by atoms with Crippen molar-refractivity contribution in [2.75, 3.05) is 32.7 Å². The number of carbonyl (C=O) groups is 1. The molecular weight excluding hydrogens is 214 g/mol. The summed E-state index contributed by atoms with van der Waals surface area (Å²) in [6.07, 6.45) is 7.46. The lowest BCUT2D eigenvalue weighted by molar-refractivity contribution is -0.138. The van der Waals surface area contributed by atoms with Crippen LogP contribution in [0.2, 0.25) is 0 Å². The van der Waals surface area contributed by atoms with Gasteiger partial charge in [-0.2, -0.15) is 0 Å². The molecule has 0 aromatic heterocycles. The van der Waals surface area contributed by atoms with Crippen LogP contribution in [-0.4, -0.2) is 54.0 Å². The molecule has 4 nitrogen and oxygen atoms in total. The molecular formula is C13H21N3O. The minimum Gasteiger partial charge on any atom is -0.339 e. The maximum Gasteiger partial charge on any atom is 0.242 e. The Morgan fingerprint density at radius 1 is 1.41 bits per heavy atom. The Morgan fingerprint density at radius 3 is 2.47 bits per heavy atom. The summed E-state index contributed by atoms with van der Waals surface area (Å²) in [6, 6.07) is 0. The highest BCUT2D eigenvalue weighted by molar-refractivity contribution is 5.86. The Balaban J connectivity index is 1.88. The third kappa shape index (κ3) is 2.62. The summed E-state index contributed by atoms with van der Waals surface area (Å²) in [6.45, 7) is 5.76. The molecule has 1 saturated carbocycles. The largest absolute Gasteiger partial charge is 0.339 e. The van der Waals surface area contributed by atoms with E-state index in [0.717, 1.165) is 39.0 Å². The zero-order chi connectivity index (χ0) is 12.5. The molecule has 1 atom stereocenters. The number of carbonyl (C=O) groups excluding carboxylic acids is 1. The van der Waals surface area contributed by atoms with Crippen molar-refractivity contribution in [3.05, 3.63) is 0 Å². The molecule has 1 heterocycles. The van der Waals surface area contributed by atoms with Crippen LogP contribution in [-0.2, 0) is 4.79 Å². The summed E-state index contributed by atoms with van der Waals surface area (Å²) in [7, 11) is 0. The zero-order valence-corrected chi connectivity index (χ0v) is 10.5. The van der Waals surface area contributed by atoms with Crippen molar-refractivity contribution in [2.24, 2.45) is 11.7 Å². The Kier molecular flexibility index (Phi) is 3.41. The number of amides is 1. The molecule has 0 aromatic carbocycles. The first-order valence-electron chi connectivity index (χ1n) is 6.29. The average Bonchev–Trinajstić information content (AvgIpc) is 3.13. The molecule has 2 aliphatic rings. The third-order valence-electron chi connectivity index (χ3n) is 3.86. The van der Waals surface area contributed by atoms with Gasteiger partial charge in [-0.15, -0.1) is 6.42 Å². The summed E-state index contributed by atoms with van der Waals surface area (Å²) in [5, 5.41) is 0. The van der Waals surface area contributed by atoms with Gasteiger partial charge in [0.05, 0.1) is 12.1 Å². The first kappa shape index (κ1) is 12.4. The highest BCUT2D eigenvalue weighted by Crippen LogP contribution is 2.39. The van der Waals surface area contributed by atoms with E-state index in [1.54, 1.807) is 0 Å². The molecule has 2 rings (SSSR count). The van der Waals surface area contributed by atoms with Gasteiger partial charge < -0.3 is 10.6 Å². The maximum absolute atomic E-state index is 12.3. The van der Waals surface area contributed by atoms with Gasteiger partial charge in [0.15, 0.2) is 0 Å². The van der Waals surface area contributed by atoms with Crippen molar-refractivity contribution < 1.29 is 4.79 Å². The minimum absolute atomic E-state index is 0.111. The van der Waals surface area contributed by atoms with Crippen LogP contribution in [0.1, 0.15) is 19.8 Å². The van der Waals surface area contributed by atoms with Crippen LogP contribution in [0.15, 0.2) is 0 Å². The average molecular weight is 235 g/mol. The van der Waals surface area contributed by atoms with E-state index in [1.807, 2.05) is 11.8 Å². The maximum atomic E-state index is 12.3. The van der Waals surface area contributed by atoms with E-state index in [1.165, 1.54) is 0 Å². The van der Waals surface area contributed by atoms with Crippen molar-refractivity contribution in [1.82, 2.24) is 9.80 Å². The van der Waals surface area contributed by atoms with Gasteiger partial charge in [0.1, 0.15) is 0 Å². The normalized spacial score (nSPS) is 25.1. The van der Waals surface area contributed by atoms with Gasteiger partial charge in [-0.1, -0.05) is 5.92 Å². The fourth-order valence-electron chi connectivity index (χ4n) is 2.44. The number of nitrogens with two attached hydrogens (primary N) is 1. The summed E-state index contributed by atoms with van der Waals surface area (Å²) in [5.41, 5.74) is 5.49. The molecule has 1 aliphatic carbocycles. The van der Waals surface area contributed by atoms with E-state index < -0.39 is 5.54 Å². The minimum atomic E-state index is -0.658. The first-order chi connectivity index (χ1) is 8.05. The van der Waals surface area contributed by atoms with Crippen molar-refractivity contribution in [3.8, 4) is 12.3 Å². The standard InChI is InChI=1S/C13H21N3O/c1-3-6-15-7-9-16(10-8-15)12(17)13(2,14)11-4-5-11/h1,11H,4-10,14H2,2H3. The summed E-state index contributed by atoms with van der Waals surface area (Å²) >= 11 is 0. The Labute approximate surface area is 103 Å². The predicted octanol–water partition coefficient (Wildman–Crippen LogP) is -0.109. The molecule has 17 heavy (non-hydrogen) atoms. The first-order valence-corrected chi connectivity index (χ1v) is 6.29. The Morgan fingerprint density at radius 2 is 2.00 bits per heavy atom. The molecule has 0 spiro atoms. The van der Waals surface area contributed by atoms with Crippen LogP contribution in [0.25, 0.3) is 0 Å². The number of rotatable bonds is 3. The third-order valence-corrected chi connectivity index (χ3v) is 3.86. The van der Waals surface area contributed by atoms with E-state index >= 15 is 0 Å². The van der Waals surface area contributed by atoms with Gasteiger partial charge in [-0.05, 0) is 25.7 Å². The number of hydrogen-bond acceptors (Lipinski definition) is 3. The van der Waals surface area contributed by atoms with Gasteiger partial charge >= 0.3 is 0 Å². The zero-order valence-electron chi connectivity index (χ0n) is 10.5. The number of terminal acetylenes is 1. The second kappa shape index (κ2) is 4.67.